The van der Waals surface area contributed by atoms with E-state index in [2.05, 4.69) is 20.8 Å². The molecule has 186 valence electrons. The van der Waals surface area contributed by atoms with Crippen LogP contribution in [0.4, 0.5) is 0 Å². The predicted octanol–water partition coefficient (Wildman–Crippen LogP) is 3.50. The van der Waals surface area contributed by atoms with E-state index >= 15 is 0 Å². The van der Waals surface area contributed by atoms with E-state index in [0.29, 0.717) is 49.4 Å². The fraction of sp³-hybridized carbons (Fsp3) is 1.00. The molecule has 4 saturated carbocycles. The van der Waals surface area contributed by atoms with E-state index in [-0.39, 0.29) is 22.7 Å². The molecule has 0 aromatic rings. The van der Waals surface area contributed by atoms with Crippen LogP contribution in [0.3, 0.4) is 0 Å². The second-order valence-corrected chi connectivity index (χ2v) is 13.4. The summed E-state index contributed by atoms with van der Waals surface area (Å²) in [6.07, 6.45) is 5.51. The maximum absolute atomic E-state index is 11.2. The van der Waals surface area contributed by atoms with Crippen LogP contribution >= 0.6 is 0 Å². The Morgan fingerprint density at radius 3 is 2.19 bits per heavy atom. The van der Waals surface area contributed by atoms with Crippen LogP contribution in [-0.4, -0.2) is 55.5 Å². The summed E-state index contributed by atoms with van der Waals surface area (Å²) in [4.78, 5) is 0. The summed E-state index contributed by atoms with van der Waals surface area (Å²) in [6, 6.07) is 0. The normalized spacial score (nSPS) is 50.8. The number of aliphatic hydroxyl groups is 5. The molecule has 5 nitrogen and oxygen atoms in total. The van der Waals surface area contributed by atoms with Crippen molar-refractivity contribution in [3.8, 4) is 0 Å². The molecule has 0 aliphatic heterocycles. The molecule has 0 amide bonds. The molecule has 5 heteroatoms. The molecule has 0 spiro atoms. The smallest absolute Gasteiger partial charge is 0.0804 e. The Morgan fingerprint density at radius 1 is 0.875 bits per heavy atom. The summed E-state index contributed by atoms with van der Waals surface area (Å²) < 4.78 is 0. The lowest BCUT2D eigenvalue weighted by atomic mass is 9.43. The minimum absolute atomic E-state index is 0.0753. The van der Waals surface area contributed by atoms with Gasteiger partial charge >= 0.3 is 0 Å². The minimum Gasteiger partial charge on any atom is -0.393 e. The third kappa shape index (κ3) is 4.08. The van der Waals surface area contributed by atoms with Crippen LogP contribution in [0.25, 0.3) is 0 Å². The molecule has 1 unspecified atom stereocenters. The Morgan fingerprint density at radius 2 is 1.53 bits per heavy atom. The van der Waals surface area contributed by atoms with Gasteiger partial charge in [-0.1, -0.05) is 20.8 Å². The van der Waals surface area contributed by atoms with E-state index in [4.69, 9.17) is 0 Å². The number of hydrogen-bond acceptors (Lipinski definition) is 5. The molecule has 32 heavy (non-hydrogen) atoms. The lowest BCUT2D eigenvalue weighted by Gasteiger charge is -2.63. The van der Waals surface area contributed by atoms with Gasteiger partial charge in [-0.05, 0) is 118 Å². The zero-order valence-electron chi connectivity index (χ0n) is 20.9. The SMILES string of the molecule is C[C@H](C(O)CCC(C)(C)O)[C@H]1CC[C@H]2[C@@H]3C[C@H](O)[C@@H]4C[C@H](O)[C@@H](O)C[C@]4(C)[C@H]3CC[C@]12C. The van der Waals surface area contributed by atoms with Gasteiger partial charge in [-0.15, -0.1) is 0 Å². The third-order valence-electron chi connectivity index (χ3n) is 11.1. The first-order chi connectivity index (χ1) is 14.8. The number of rotatable bonds is 5. The zero-order chi connectivity index (χ0) is 23.6. The van der Waals surface area contributed by atoms with E-state index in [1.54, 1.807) is 0 Å². The summed E-state index contributed by atoms with van der Waals surface area (Å²) in [5.41, 5.74) is -0.687. The fourth-order valence-corrected chi connectivity index (χ4v) is 9.26. The third-order valence-corrected chi connectivity index (χ3v) is 11.1. The summed E-state index contributed by atoms with van der Waals surface area (Å²) in [7, 11) is 0. The first-order valence-corrected chi connectivity index (χ1v) is 13.2. The lowest BCUT2D eigenvalue weighted by molar-refractivity contribution is -0.196. The van der Waals surface area contributed by atoms with Gasteiger partial charge in [-0.25, -0.2) is 0 Å². The van der Waals surface area contributed by atoms with Gasteiger partial charge in [0.05, 0.1) is 30.0 Å². The quantitative estimate of drug-likeness (QED) is 0.440. The first kappa shape index (κ1) is 24.9. The van der Waals surface area contributed by atoms with Crippen molar-refractivity contribution in [1.82, 2.24) is 0 Å². The van der Waals surface area contributed by atoms with Crippen LogP contribution in [0.2, 0.25) is 0 Å². The molecule has 0 radical (unpaired) electrons. The van der Waals surface area contributed by atoms with Crippen LogP contribution in [0.5, 0.6) is 0 Å². The lowest BCUT2D eigenvalue weighted by Crippen LogP contribution is -2.60. The second-order valence-electron chi connectivity index (χ2n) is 13.4. The Balaban J connectivity index is 1.52. The highest BCUT2D eigenvalue weighted by atomic mass is 16.3. The molecule has 12 atom stereocenters. The molecule has 0 bridgehead atoms. The topological polar surface area (TPSA) is 101 Å². The Labute approximate surface area is 194 Å². The Bertz CT molecular complexity index is 675. The molecule has 0 aromatic carbocycles. The molecular formula is C27H48O5. The molecule has 4 rings (SSSR count). The van der Waals surface area contributed by atoms with Gasteiger partial charge < -0.3 is 25.5 Å². The maximum atomic E-state index is 11.2. The van der Waals surface area contributed by atoms with Gasteiger partial charge in [0.15, 0.2) is 0 Å². The van der Waals surface area contributed by atoms with Crippen LogP contribution in [0.1, 0.15) is 92.4 Å². The molecule has 0 heterocycles. The highest BCUT2D eigenvalue weighted by molar-refractivity contribution is 5.12. The largest absolute Gasteiger partial charge is 0.393 e. The molecule has 5 N–H and O–H groups in total. The molecular weight excluding hydrogens is 404 g/mol. The van der Waals surface area contributed by atoms with Crippen molar-refractivity contribution in [3.05, 3.63) is 0 Å². The molecule has 0 saturated heterocycles. The predicted molar refractivity (Wildman–Crippen MR) is 125 cm³/mol. The van der Waals surface area contributed by atoms with E-state index in [1.807, 2.05) is 13.8 Å². The van der Waals surface area contributed by atoms with Crippen molar-refractivity contribution < 1.29 is 25.5 Å². The van der Waals surface area contributed by atoms with Gasteiger partial charge in [0.25, 0.3) is 0 Å². The Kier molecular flexibility index (Phi) is 6.60. The number of hydrogen-bond donors (Lipinski definition) is 5. The average Bonchev–Trinajstić information content (AvgIpc) is 3.04. The van der Waals surface area contributed by atoms with Crippen LogP contribution in [-0.2, 0) is 0 Å². The van der Waals surface area contributed by atoms with Crippen molar-refractivity contribution >= 4 is 0 Å². The van der Waals surface area contributed by atoms with Crippen molar-refractivity contribution in [3.63, 3.8) is 0 Å². The summed E-state index contributed by atoms with van der Waals surface area (Å²) in [5.74, 6) is 2.24. The van der Waals surface area contributed by atoms with E-state index in [9.17, 15) is 25.5 Å². The van der Waals surface area contributed by atoms with Crippen molar-refractivity contribution in [2.24, 2.45) is 46.3 Å². The van der Waals surface area contributed by atoms with E-state index < -0.39 is 30.0 Å². The van der Waals surface area contributed by atoms with Crippen molar-refractivity contribution in [1.29, 1.82) is 0 Å². The average molecular weight is 453 g/mol. The van der Waals surface area contributed by atoms with Gasteiger partial charge in [0.2, 0.25) is 0 Å². The highest BCUT2D eigenvalue weighted by Gasteiger charge is 2.63. The van der Waals surface area contributed by atoms with E-state index in [0.717, 1.165) is 32.1 Å². The minimum atomic E-state index is -0.747. The molecule has 0 aromatic heterocycles. The number of aliphatic hydroxyl groups excluding tert-OH is 4. The van der Waals surface area contributed by atoms with Gasteiger partial charge in [-0.2, -0.15) is 0 Å². The molecule has 4 aliphatic carbocycles. The standard InChI is InChI=1S/C27H48O5/c1-15(21(28)9-10-25(2,3)32)17-6-7-18-16-12-22(29)20-13-23(30)24(31)14-27(20,5)19(16)8-11-26(17,18)4/h15-24,28-32H,6-14H2,1-5H3/t15-,16-,17+,18-,19-,20-,21?,22-,23-,24-,26+,27+/m0/s1. The van der Waals surface area contributed by atoms with Gasteiger partial charge in [-0.3, -0.25) is 0 Å². The van der Waals surface area contributed by atoms with Crippen LogP contribution < -0.4 is 0 Å². The van der Waals surface area contributed by atoms with Crippen LogP contribution in [0, 0.1) is 46.3 Å². The summed E-state index contributed by atoms with van der Waals surface area (Å²) in [6.45, 7) is 10.5. The van der Waals surface area contributed by atoms with Gasteiger partial charge in [0.1, 0.15) is 0 Å². The monoisotopic (exact) mass is 452 g/mol. The maximum Gasteiger partial charge on any atom is 0.0804 e. The van der Waals surface area contributed by atoms with Gasteiger partial charge in [0, 0.05) is 0 Å². The van der Waals surface area contributed by atoms with Crippen molar-refractivity contribution in [2.45, 2.75) is 122 Å². The first-order valence-electron chi connectivity index (χ1n) is 13.2. The number of fused-ring (bicyclic) bond motifs is 5. The molecule has 4 aliphatic rings. The van der Waals surface area contributed by atoms with Crippen LogP contribution in [0.15, 0.2) is 0 Å². The summed E-state index contributed by atoms with van der Waals surface area (Å²) in [5, 5.41) is 53.0. The highest BCUT2D eigenvalue weighted by Crippen LogP contribution is 2.68. The summed E-state index contributed by atoms with van der Waals surface area (Å²) >= 11 is 0. The Hall–Kier alpha value is -0.200. The molecule has 4 fully saturated rings. The second kappa shape index (κ2) is 8.48. The fourth-order valence-electron chi connectivity index (χ4n) is 9.26. The van der Waals surface area contributed by atoms with Crippen molar-refractivity contribution in [2.75, 3.05) is 0 Å². The van der Waals surface area contributed by atoms with E-state index in [1.165, 1.54) is 0 Å². The zero-order valence-corrected chi connectivity index (χ0v) is 20.9.